The van der Waals surface area contributed by atoms with Crippen molar-refractivity contribution in [2.75, 3.05) is 6.61 Å². The summed E-state index contributed by atoms with van der Waals surface area (Å²) in [6.45, 7) is 1.88. The third-order valence-electron chi connectivity index (χ3n) is 0.442. The van der Waals surface area contributed by atoms with Crippen LogP contribution in [0.25, 0.3) is 0 Å². The Kier molecular flexibility index (Phi) is 3.48. The molecule has 0 aromatic carbocycles. The third kappa shape index (κ3) is 2.77. The summed E-state index contributed by atoms with van der Waals surface area (Å²) < 4.78 is 3.61. The van der Waals surface area contributed by atoms with Crippen molar-refractivity contribution in [1.82, 2.24) is 0 Å². The molecule has 0 fully saturated rings. The van der Waals surface area contributed by atoms with Crippen LogP contribution in [-0.4, -0.2) is 33.3 Å². The van der Waals surface area contributed by atoms with Crippen LogP contribution in [0, 0.1) is 0 Å². The molecule has 0 saturated carbocycles. The van der Waals surface area contributed by atoms with Gasteiger partial charge >= 0.3 is 54.5 Å². The Bertz CT molecular complexity index is 110. The van der Waals surface area contributed by atoms with Gasteiger partial charge in [-0.05, 0) is 0 Å². The van der Waals surface area contributed by atoms with Crippen LogP contribution in [-0.2, 0) is 14.3 Å². The minimum atomic E-state index is -0.812. The van der Waals surface area contributed by atoms with Crippen LogP contribution in [0.4, 0.5) is 0 Å². The average Bonchev–Trinajstić information content (AvgIpc) is 1.67. The maximum absolute atomic E-state index is 10.1. The molecule has 1 radical (unpaired) electrons. The fourth-order valence-electron chi connectivity index (χ4n) is 0.190. The van der Waals surface area contributed by atoms with Gasteiger partial charge in [-0.2, -0.15) is 0 Å². The van der Waals surface area contributed by atoms with Gasteiger partial charge in [0.05, 0.1) is 0 Å². The standard InChI is InChI=1S/C4H5O3Se/c1-2-7-3(5)4(6)8/h2H2,1H3. The molecule has 0 rings (SSSR count). The van der Waals surface area contributed by atoms with Gasteiger partial charge in [0.2, 0.25) is 0 Å². The second kappa shape index (κ2) is 3.64. The monoisotopic (exact) mass is 181 g/mol. The van der Waals surface area contributed by atoms with Crippen LogP contribution in [0.3, 0.4) is 0 Å². The second-order valence-electron chi connectivity index (χ2n) is 1.01. The fourth-order valence-corrected chi connectivity index (χ4v) is 0.314. The van der Waals surface area contributed by atoms with Crippen molar-refractivity contribution in [1.29, 1.82) is 0 Å². The molecule has 0 bridgehead atoms. The van der Waals surface area contributed by atoms with Gasteiger partial charge in [-0.15, -0.1) is 0 Å². The molecule has 0 amide bonds. The molecule has 0 saturated heterocycles. The molecule has 0 heterocycles. The van der Waals surface area contributed by atoms with Crippen molar-refractivity contribution in [2.24, 2.45) is 0 Å². The number of hydrogen-bond acceptors (Lipinski definition) is 3. The van der Waals surface area contributed by atoms with Crippen molar-refractivity contribution < 1.29 is 14.3 Å². The van der Waals surface area contributed by atoms with E-state index in [2.05, 4.69) is 4.74 Å². The van der Waals surface area contributed by atoms with Gasteiger partial charge in [0.15, 0.2) is 0 Å². The Morgan fingerprint density at radius 2 is 2.12 bits per heavy atom. The molecular formula is C4H5O3Se. The molecule has 0 N–H and O–H groups in total. The predicted octanol–water partition coefficient (Wildman–Crippen LogP) is -0.755. The second-order valence-corrected chi connectivity index (χ2v) is 1.79. The maximum atomic E-state index is 10.1. The number of carbonyl (C=O) groups is 2. The van der Waals surface area contributed by atoms with Crippen molar-refractivity contribution in [2.45, 2.75) is 6.92 Å². The molecule has 0 aromatic rings. The van der Waals surface area contributed by atoms with Gasteiger partial charge in [-0.25, -0.2) is 0 Å². The van der Waals surface area contributed by atoms with Gasteiger partial charge in [0.1, 0.15) is 0 Å². The summed E-state index contributed by atoms with van der Waals surface area (Å²) in [5.41, 5.74) is 0. The molecule has 0 unspecified atom stereocenters. The first-order valence-electron chi connectivity index (χ1n) is 2.06. The predicted molar refractivity (Wildman–Crippen MR) is 27.4 cm³/mol. The molecule has 0 aliphatic carbocycles. The summed E-state index contributed by atoms with van der Waals surface area (Å²) in [5.74, 6) is -0.812. The van der Waals surface area contributed by atoms with Gasteiger partial charge in [-0.3, -0.25) is 0 Å². The van der Waals surface area contributed by atoms with E-state index < -0.39 is 10.7 Å². The summed E-state index contributed by atoms with van der Waals surface area (Å²) in [4.78, 5) is 20.1. The molecule has 0 spiro atoms. The fraction of sp³-hybridized carbons (Fsp3) is 0.500. The van der Waals surface area contributed by atoms with Gasteiger partial charge in [-0.1, -0.05) is 0 Å². The summed E-state index contributed by atoms with van der Waals surface area (Å²) >= 11 is 2.01. The van der Waals surface area contributed by atoms with E-state index in [0.29, 0.717) is 0 Å². The molecule has 8 heavy (non-hydrogen) atoms. The van der Waals surface area contributed by atoms with E-state index in [0.717, 1.165) is 0 Å². The first-order valence-corrected chi connectivity index (χ1v) is 2.92. The van der Waals surface area contributed by atoms with Crippen LogP contribution in [0.15, 0.2) is 0 Å². The quantitative estimate of drug-likeness (QED) is 0.319. The topological polar surface area (TPSA) is 43.4 Å². The first-order chi connectivity index (χ1) is 3.68. The van der Waals surface area contributed by atoms with Crippen LogP contribution >= 0.6 is 0 Å². The van der Waals surface area contributed by atoms with Gasteiger partial charge < -0.3 is 0 Å². The van der Waals surface area contributed by atoms with Crippen molar-refractivity contribution in [3.05, 3.63) is 0 Å². The third-order valence-corrected chi connectivity index (χ3v) is 0.792. The molecule has 45 valence electrons. The number of esters is 1. The average molecular weight is 180 g/mol. The van der Waals surface area contributed by atoms with Gasteiger partial charge in [0, 0.05) is 0 Å². The minimum absolute atomic E-state index is 0.242. The molecule has 0 aromatic heterocycles. The van der Waals surface area contributed by atoms with Crippen molar-refractivity contribution >= 4 is 26.7 Å². The van der Waals surface area contributed by atoms with E-state index in [1.165, 1.54) is 0 Å². The SMILES string of the molecule is CCOC(=O)C(=O)[Se]. The van der Waals surface area contributed by atoms with Crippen LogP contribution in [0.2, 0.25) is 0 Å². The number of hydrogen-bond donors (Lipinski definition) is 0. The van der Waals surface area contributed by atoms with Crippen LogP contribution < -0.4 is 0 Å². The van der Waals surface area contributed by atoms with Crippen LogP contribution in [0.5, 0.6) is 0 Å². The molecule has 0 aliphatic heterocycles. The van der Waals surface area contributed by atoms with E-state index in [4.69, 9.17) is 0 Å². The van der Waals surface area contributed by atoms with Gasteiger partial charge in [0.25, 0.3) is 0 Å². The number of carbonyl (C=O) groups excluding carboxylic acids is 2. The zero-order valence-corrected chi connectivity index (χ0v) is 6.05. The van der Waals surface area contributed by atoms with E-state index in [1.807, 2.05) is 16.0 Å². The van der Waals surface area contributed by atoms with Crippen LogP contribution in [0.1, 0.15) is 6.92 Å². The van der Waals surface area contributed by atoms with E-state index in [1.54, 1.807) is 6.92 Å². The summed E-state index contributed by atoms with van der Waals surface area (Å²) in [5, 5.41) is 0. The Morgan fingerprint density at radius 1 is 1.62 bits per heavy atom. The van der Waals surface area contributed by atoms with E-state index in [9.17, 15) is 9.59 Å². The number of ether oxygens (including phenoxy) is 1. The summed E-state index contributed by atoms with van der Waals surface area (Å²) in [7, 11) is 0. The molecule has 0 aliphatic rings. The molecule has 0 atom stereocenters. The summed E-state index contributed by atoms with van der Waals surface area (Å²) in [6.07, 6.45) is 0. The van der Waals surface area contributed by atoms with Crippen molar-refractivity contribution in [3.8, 4) is 0 Å². The molecular weight excluding hydrogens is 175 g/mol. The van der Waals surface area contributed by atoms with E-state index >= 15 is 0 Å². The number of rotatable bonds is 2. The molecule has 4 heteroatoms. The Hall–Kier alpha value is -0.341. The zero-order valence-electron chi connectivity index (χ0n) is 4.34. The molecule has 3 nitrogen and oxygen atoms in total. The first kappa shape index (κ1) is 7.66. The Morgan fingerprint density at radius 3 is 2.25 bits per heavy atom. The normalized spacial score (nSPS) is 8.12. The Balaban J connectivity index is 3.49. The Labute approximate surface area is 55.2 Å². The van der Waals surface area contributed by atoms with E-state index in [-0.39, 0.29) is 6.61 Å². The summed E-state index contributed by atoms with van der Waals surface area (Å²) in [6, 6.07) is 0. The van der Waals surface area contributed by atoms with Crippen molar-refractivity contribution in [3.63, 3.8) is 0 Å². The zero-order chi connectivity index (χ0) is 6.57.